The zero-order chi connectivity index (χ0) is 24.4. The van der Waals surface area contributed by atoms with Gasteiger partial charge in [0, 0.05) is 36.8 Å². The summed E-state index contributed by atoms with van der Waals surface area (Å²) in [6.07, 6.45) is 4.29. The summed E-state index contributed by atoms with van der Waals surface area (Å²) in [7, 11) is 0. The number of alkyl halides is 3. The molecule has 3 aromatic rings. The Morgan fingerprint density at radius 3 is 2.69 bits per heavy atom. The quantitative estimate of drug-likeness (QED) is 0.487. The first-order chi connectivity index (χ1) is 16.9. The van der Waals surface area contributed by atoms with E-state index in [4.69, 9.17) is 15.5 Å². The SMILES string of the molecule is N[C@H](CNC1=NC(C2CC=CO2)C(c2ccc3cnccc3c2)S1)Cc1ccc(C(F)(F)F)cc1. The largest absolute Gasteiger partial charge is 0.496 e. The van der Waals surface area contributed by atoms with Crippen LogP contribution in [0.25, 0.3) is 10.8 Å². The second-order valence-electron chi connectivity index (χ2n) is 8.77. The van der Waals surface area contributed by atoms with Crippen molar-refractivity contribution in [1.29, 1.82) is 0 Å². The lowest BCUT2D eigenvalue weighted by Gasteiger charge is -2.22. The van der Waals surface area contributed by atoms with Gasteiger partial charge in [-0.3, -0.25) is 9.98 Å². The van der Waals surface area contributed by atoms with Gasteiger partial charge in [-0.15, -0.1) is 0 Å². The van der Waals surface area contributed by atoms with Crippen LogP contribution in [0.15, 0.2) is 78.3 Å². The average molecular weight is 499 g/mol. The lowest BCUT2D eigenvalue weighted by molar-refractivity contribution is -0.137. The van der Waals surface area contributed by atoms with Gasteiger partial charge in [0.05, 0.1) is 17.1 Å². The van der Waals surface area contributed by atoms with Crippen LogP contribution in [-0.4, -0.2) is 34.9 Å². The fourth-order valence-corrected chi connectivity index (χ4v) is 5.63. The summed E-state index contributed by atoms with van der Waals surface area (Å²) in [4.78, 5) is 9.12. The molecule has 2 aliphatic heterocycles. The van der Waals surface area contributed by atoms with Gasteiger partial charge in [0.1, 0.15) is 12.1 Å². The number of nitrogens with one attached hydrogen (secondary N) is 1. The lowest BCUT2D eigenvalue weighted by Crippen LogP contribution is -2.37. The number of aromatic nitrogens is 1. The minimum atomic E-state index is -4.34. The molecule has 0 aliphatic carbocycles. The van der Waals surface area contributed by atoms with E-state index in [-0.39, 0.29) is 23.4 Å². The van der Waals surface area contributed by atoms with Crippen molar-refractivity contribution < 1.29 is 17.9 Å². The molecule has 35 heavy (non-hydrogen) atoms. The Kier molecular flexibility index (Phi) is 6.71. The molecular weight excluding hydrogens is 473 g/mol. The van der Waals surface area contributed by atoms with Crippen LogP contribution < -0.4 is 11.1 Å². The number of halogens is 3. The molecule has 3 unspecified atom stereocenters. The molecule has 182 valence electrons. The van der Waals surface area contributed by atoms with E-state index in [0.717, 1.165) is 40.1 Å². The van der Waals surface area contributed by atoms with E-state index >= 15 is 0 Å². The Morgan fingerprint density at radius 1 is 1.11 bits per heavy atom. The predicted molar refractivity (Wildman–Crippen MR) is 133 cm³/mol. The van der Waals surface area contributed by atoms with Gasteiger partial charge in [-0.05, 0) is 53.3 Å². The standard InChI is InChI=1S/C26H25F3N4OS/c27-26(28,29)20-7-3-16(4-8-20)12-21(30)15-32-25-33-23(22-2-1-11-34-22)24(35-25)18-5-6-19-14-31-10-9-17(19)13-18/h1,3-11,13-14,21-24H,2,12,15,30H2,(H,32,33)/t21-,22?,23?,24?/m0/s1. The minimum absolute atomic E-state index is 0.0271. The Balaban J connectivity index is 1.25. The fourth-order valence-electron chi connectivity index (χ4n) is 4.38. The van der Waals surface area contributed by atoms with Gasteiger partial charge in [0.25, 0.3) is 0 Å². The summed E-state index contributed by atoms with van der Waals surface area (Å²) < 4.78 is 44.2. The Morgan fingerprint density at radius 2 is 1.94 bits per heavy atom. The second kappa shape index (κ2) is 9.91. The molecule has 9 heteroatoms. The molecule has 5 rings (SSSR count). The smallest absolute Gasteiger partial charge is 0.416 e. The summed E-state index contributed by atoms with van der Waals surface area (Å²) in [5, 5.41) is 6.45. The van der Waals surface area contributed by atoms with Crippen molar-refractivity contribution in [3.63, 3.8) is 0 Å². The van der Waals surface area contributed by atoms with E-state index in [1.54, 1.807) is 24.2 Å². The Labute approximate surface area is 205 Å². The van der Waals surface area contributed by atoms with Crippen LogP contribution >= 0.6 is 11.8 Å². The van der Waals surface area contributed by atoms with Crippen LogP contribution in [0.1, 0.15) is 28.4 Å². The molecule has 1 aromatic heterocycles. The fraction of sp³-hybridized carbons (Fsp3) is 0.308. The summed E-state index contributed by atoms with van der Waals surface area (Å²) >= 11 is 1.66. The molecule has 0 saturated heterocycles. The van der Waals surface area contributed by atoms with E-state index in [1.807, 2.05) is 18.3 Å². The maximum absolute atomic E-state index is 12.8. The van der Waals surface area contributed by atoms with Gasteiger partial charge in [-0.1, -0.05) is 36.0 Å². The van der Waals surface area contributed by atoms with Gasteiger partial charge < -0.3 is 15.8 Å². The highest BCUT2D eigenvalue weighted by Gasteiger charge is 2.39. The summed E-state index contributed by atoms with van der Waals surface area (Å²) in [5.74, 6) is 0. The van der Waals surface area contributed by atoms with Gasteiger partial charge >= 0.3 is 6.18 Å². The van der Waals surface area contributed by atoms with Gasteiger partial charge in [-0.2, -0.15) is 13.2 Å². The van der Waals surface area contributed by atoms with Gasteiger partial charge in [-0.25, -0.2) is 0 Å². The highest BCUT2D eigenvalue weighted by atomic mass is 32.2. The van der Waals surface area contributed by atoms with E-state index in [1.165, 1.54) is 17.7 Å². The molecule has 0 spiro atoms. The molecular formula is C26H25F3N4OS. The number of rotatable bonds is 6. The average Bonchev–Trinajstić information content (AvgIpc) is 3.52. The molecule has 0 saturated carbocycles. The lowest BCUT2D eigenvalue weighted by atomic mass is 9.98. The zero-order valence-corrected chi connectivity index (χ0v) is 19.6. The topological polar surface area (TPSA) is 72.5 Å². The van der Waals surface area contributed by atoms with E-state index in [0.29, 0.717) is 13.0 Å². The summed E-state index contributed by atoms with van der Waals surface area (Å²) in [5.41, 5.74) is 7.56. The number of pyridine rings is 1. The van der Waals surface area contributed by atoms with Crippen molar-refractivity contribution in [2.45, 2.75) is 42.5 Å². The molecule has 0 bridgehead atoms. The first-order valence-electron chi connectivity index (χ1n) is 11.4. The van der Waals surface area contributed by atoms with Crippen molar-refractivity contribution >= 4 is 27.7 Å². The highest BCUT2D eigenvalue weighted by molar-refractivity contribution is 8.14. The normalized spacial score (nSPS) is 22.7. The molecule has 3 heterocycles. The van der Waals surface area contributed by atoms with E-state index in [2.05, 4.69) is 28.5 Å². The maximum Gasteiger partial charge on any atom is 0.416 e. The minimum Gasteiger partial charge on any atom is -0.496 e. The number of hydrogen-bond donors (Lipinski definition) is 2. The monoisotopic (exact) mass is 498 g/mol. The molecule has 2 aromatic carbocycles. The van der Waals surface area contributed by atoms with Crippen molar-refractivity contribution in [2.24, 2.45) is 10.7 Å². The first kappa shape index (κ1) is 23.7. The summed E-state index contributed by atoms with van der Waals surface area (Å²) in [6, 6.07) is 13.2. The van der Waals surface area contributed by atoms with Crippen molar-refractivity contribution in [2.75, 3.05) is 6.54 Å². The Hall–Kier alpha value is -3.04. The van der Waals surface area contributed by atoms with Crippen molar-refractivity contribution in [1.82, 2.24) is 10.3 Å². The molecule has 5 nitrogen and oxygen atoms in total. The van der Waals surface area contributed by atoms with Crippen LogP contribution in [0.5, 0.6) is 0 Å². The number of nitrogens with zero attached hydrogens (tertiary/aromatic N) is 2. The molecule has 4 atom stereocenters. The zero-order valence-electron chi connectivity index (χ0n) is 18.8. The third kappa shape index (κ3) is 5.46. The summed E-state index contributed by atoms with van der Waals surface area (Å²) in [6.45, 7) is 0.458. The molecule has 2 aliphatic rings. The Bertz CT molecular complexity index is 1240. The van der Waals surface area contributed by atoms with Crippen LogP contribution in [0.3, 0.4) is 0 Å². The van der Waals surface area contributed by atoms with Crippen LogP contribution in [0, 0.1) is 0 Å². The number of amidine groups is 1. The predicted octanol–water partition coefficient (Wildman–Crippen LogP) is 5.23. The number of benzene rings is 2. The molecule has 0 amide bonds. The van der Waals surface area contributed by atoms with Crippen LogP contribution in [0.2, 0.25) is 0 Å². The second-order valence-corrected chi connectivity index (χ2v) is 9.90. The van der Waals surface area contributed by atoms with Crippen molar-refractivity contribution in [3.8, 4) is 0 Å². The third-order valence-electron chi connectivity index (χ3n) is 6.20. The number of hydrogen-bond acceptors (Lipinski definition) is 6. The number of ether oxygens (including phenoxy) is 1. The van der Waals surface area contributed by atoms with Gasteiger partial charge in [0.15, 0.2) is 5.17 Å². The number of thioether (sulfide) groups is 1. The third-order valence-corrected chi connectivity index (χ3v) is 7.48. The molecule has 3 N–H and O–H groups in total. The number of aliphatic imine (C=N–C) groups is 1. The molecule has 0 radical (unpaired) electrons. The van der Waals surface area contributed by atoms with Crippen molar-refractivity contribution in [3.05, 3.63) is 90.0 Å². The molecule has 0 fully saturated rings. The van der Waals surface area contributed by atoms with E-state index in [9.17, 15) is 13.2 Å². The number of nitrogens with two attached hydrogens (primary N) is 1. The van der Waals surface area contributed by atoms with Crippen LogP contribution in [-0.2, 0) is 17.3 Å². The highest BCUT2D eigenvalue weighted by Crippen LogP contribution is 2.43. The van der Waals surface area contributed by atoms with Gasteiger partial charge in [0.2, 0.25) is 0 Å². The van der Waals surface area contributed by atoms with E-state index < -0.39 is 11.7 Å². The first-order valence-corrected chi connectivity index (χ1v) is 12.3. The van der Waals surface area contributed by atoms with Crippen LogP contribution in [0.4, 0.5) is 13.2 Å². The maximum atomic E-state index is 12.8. The number of fused-ring (bicyclic) bond motifs is 1.